The van der Waals surface area contributed by atoms with E-state index in [9.17, 15) is 8.42 Å². The van der Waals surface area contributed by atoms with Gasteiger partial charge in [-0.1, -0.05) is 12.1 Å². The lowest BCUT2D eigenvalue weighted by Crippen LogP contribution is -2.20. The lowest BCUT2D eigenvalue weighted by molar-refractivity contribution is 0.357. The van der Waals surface area contributed by atoms with Crippen LogP contribution >= 0.6 is 0 Å². The van der Waals surface area contributed by atoms with E-state index >= 15 is 0 Å². The Morgan fingerprint density at radius 3 is 2.93 bits per heavy atom. The van der Waals surface area contributed by atoms with Gasteiger partial charge in [-0.05, 0) is 49.1 Å². The Morgan fingerprint density at radius 2 is 2.07 bits per heavy atom. The van der Waals surface area contributed by atoms with E-state index in [-0.39, 0.29) is 6.04 Å². The number of hydrogen-bond donors (Lipinski definition) is 1. The van der Waals surface area contributed by atoms with Crippen LogP contribution in [0.15, 0.2) is 53.7 Å². The molecule has 1 atom stereocenters. The minimum atomic E-state index is -3.78. The average molecular weight is 395 g/mol. The molecule has 3 heterocycles. The van der Waals surface area contributed by atoms with Crippen LogP contribution in [0.5, 0.6) is 5.75 Å². The predicted molar refractivity (Wildman–Crippen MR) is 108 cm³/mol. The molecule has 0 bridgehead atoms. The van der Waals surface area contributed by atoms with E-state index in [2.05, 4.69) is 4.98 Å². The Balaban J connectivity index is 1.73. The van der Waals surface area contributed by atoms with E-state index in [4.69, 9.17) is 10.5 Å². The second-order valence-corrected chi connectivity index (χ2v) is 9.08. The minimum absolute atomic E-state index is 0.00277. The zero-order valence-corrected chi connectivity index (χ0v) is 16.2. The Hall–Kier alpha value is -2.64. The number of nitrogens with zero attached hydrogens (tertiary/aromatic N) is 2. The summed E-state index contributed by atoms with van der Waals surface area (Å²) in [7, 11) is -3.78. The van der Waals surface area contributed by atoms with Gasteiger partial charge in [-0.25, -0.2) is 12.4 Å². The Labute approximate surface area is 163 Å². The maximum Gasteiger partial charge on any atom is 0.268 e. The molecule has 0 radical (unpaired) electrons. The monoisotopic (exact) mass is 395 g/mol. The molecule has 1 aliphatic heterocycles. The molecule has 2 aliphatic rings. The van der Waals surface area contributed by atoms with Crippen molar-refractivity contribution < 1.29 is 13.2 Å². The van der Waals surface area contributed by atoms with Gasteiger partial charge >= 0.3 is 0 Å². The van der Waals surface area contributed by atoms with E-state index in [0.717, 1.165) is 36.0 Å². The molecule has 0 spiro atoms. The molecule has 7 heteroatoms. The van der Waals surface area contributed by atoms with Crippen molar-refractivity contribution in [1.82, 2.24) is 8.96 Å². The van der Waals surface area contributed by atoms with Gasteiger partial charge in [0.15, 0.2) is 0 Å². The second-order valence-electron chi connectivity index (χ2n) is 7.29. The third-order valence-corrected chi connectivity index (χ3v) is 7.26. The van der Waals surface area contributed by atoms with Crippen LogP contribution in [0.2, 0.25) is 0 Å². The standard InChI is InChI=1S/C21H21N3O3S/c22-15-5-1-4-14(12-15)17-13-24(18-6-3-10-23-21(17)18)28(25,26)20-8-2-7-19-16(20)9-11-27-19/h2-3,6-8,10,12-13,15H,1,4-5,9,11,22H2. The van der Waals surface area contributed by atoms with Crippen molar-refractivity contribution >= 4 is 26.6 Å². The molecule has 6 nitrogen and oxygen atoms in total. The summed E-state index contributed by atoms with van der Waals surface area (Å²) < 4.78 is 34.1. The van der Waals surface area contributed by atoms with Gasteiger partial charge in [-0.2, -0.15) is 0 Å². The molecule has 0 amide bonds. The normalized spacial score (nSPS) is 19.3. The van der Waals surface area contributed by atoms with Gasteiger partial charge in [-0.3, -0.25) is 4.98 Å². The molecular formula is C21H21N3O3S. The highest BCUT2D eigenvalue weighted by Gasteiger charge is 2.29. The Morgan fingerprint density at radius 1 is 1.18 bits per heavy atom. The van der Waals surface area contributed by atoms with E-state index in [0.29, 0.717) is 34.7 Å². The predicted octanol–water partition coefficient (Wildman–Crippen LogP) is 3.10. The maximum absolute atomic E-state index is 13.6. The Bertz CT molecular complexity index is 1210. The number of rotatable bonds is 3. The van der Waals surface area contributed by atoms with Crippen molar-refractivity contribution in [3.63, 3.8) is 0 Å². The van der Waals surface area contributed by atoms with Gasteiger partial charge in [0.05, 0.1) is 22.5 Å². The van der Waals surface area contributed by atoms with Gasteiger partial charge < -0.3 is 10.5 Å². The van der Waals surface area contributed by atoms with E-state index < -0.39 is 10.0 Å². The summed E-state index contributed by atoms with van der Waals surface area (Å²) in [6.07, 6.45) is 8.84. The molecule has 0 saturated heterocycles. The summed E-state index contributed by atoms with van der Waals surface area (Å²) in [5.41, 5.74) is 10.0. The van der Waals surface area contributed by atoms with E-state index in [1.807, 2.05) is 12.1 Å². The van der Waals surface area contributed by atoms with E-state index in [1.165, 1.54) is 3.97 Å². The van der Waals surface area contributed by atoms with Gasteiger partial charge in [0.2, 0.25) is 0 Å². The molecule has 0 fully saturated rings. The molecule has 1 unspecified atom stereocenters. The molecule has 3 aromatic rings. The molecule has 2 N–H and O–H groups in total. The molecule has 1 aliphatic carbocycles. The number of allylic oxidation sites excluding steroid dienone is 1. The molecule has 144 valence electrons. The quantitative estimate of drug-likeness (QED) is 0.736. The number of pyridine rings is 1. The highest BCUT2D eigenvalue weighted by Crippen LogP contribution is 2.36. The van der Waals surface area contributed by atoms with Crippen molar-refractivity contribution in [2.24, 2.45) is 5.73 Å². The topological polar surface area (TPSA) is 87.2 Å². The number of hydrogen-bond acceptors (Lipinski definition) is 5. The fourth-order valence-corrected chi connectivity index (χ4v) is 5.81. The zero-order chi connectivity index (χ0) is 19.3. The first-order chi connectivity index (χ1) is 13.6. The Kier molecular flexibility index (Phi) is 4.03. The van der Waals surface area contributed by atoms with Crippen LogP contribution < -0.4 is 10.5 Å². The molecule has 5 rings (SSSR count). The summed E-state index contributed by atoms with van der Waals surface area (Å²) in [6.45, 7) is 0.506. The van der Waals surface area contributed by atoms with Crippen LogP contribution in [0.25, 0.3) is 16.6 Å². The minimum Gasteiger partial charge on any atom is -0.493 e. The fourth-order valence-electron chi connectivity index (χ4n) is 4.18. The number of benzene rings is 1. The van der Waals surface area contributed by atoms with Crippen LogP contribution in [0.3, 0.4) is 0 Å². The summed E-state index contributed by atoms with van der Waals surface area (Å²) in [6, 6.07) is 8.75. The largest absolute Gasteiger partial charge is 0.493 e. The average Bonchev–Trinajstić information content (AvgIpc) is 3.32. The maximum atomic E-state index is 13.6. The lowest BCUT2D eigenvalue weighted by Gasteiger charge is -2.17. The first-order valence-corrected chi connectivity index (χ1v) is 10.9. The van der Waals surface area contributed by atoms with Crippen LogP contribution in [0.4, 0.5) is 0 Å². The number of ether oxygens (including phenoxy) is 1. The number of fused-ring (bicyclic) bond motifs is 2. The van der Waals surface area contributed by atoms with Crippen molar-refractivity contribution in [2.45, 2.75) is 36.6 Å². The lowest BCUT2D eigenvalue weighted by atomic mass is 9.92. The third-order valence-electron chi connectivity index (χ3n) is 5.51. The molecule has 0 saturated carbocycles. The molecule has 2 aromatic heterocycles. The van der Waals surface area contributed by atoms with Gasteiger partial charge in [-0.15, -0.1) is 0 Å². The summed E-state index contributed by atoms with van der Waals surface area (Å²) in [5.74, 6) is 0.650. The SMILES string of the molecule is NC1C=C(c2cn(S(=O)(=O)c3cccc4c3CCO4)c3cccnc23)CCC1. The second kappa shape index (κ2) is 6.46. The van der Waals surface area contributed by atoms with Crippen LogP contribution in [-0.2, 0) is 16.4 Å². The van der Waals surface area contributed by atoms with Crippen molar-refractivity contribution in [1.29, 1.82) is 0 Å². The van der Waals surface area contributed by atoms with Crippen LogP contribution in [-0.4, -0.2) is 30.0 Å². The van der Waals surface area contributed by atoms with Gasteiger partial charge in [0.25, 0.3) is 10.0 Å². The molecular weight excluding hydrogens is 374 g/mol. The van der Waals surface area contributed by atoms with Gasteiger partial charge in [0, 0.05) is 36.0 Å². The summed E-state index contributed by atoms with van der Waals surface area (Å²) in [5, 5.41) is 0. The summed E-state index contributed by atoms with van der Waals surface area (Å²) >= 11 is 0. The zero-order valence-electron chi connectivity index (χ0n) is 15.3. The number of aromatic nitrogens is 2. The highest BCUT2D eigenvalue weighted by molar-refractivity contribution is 7.90. The van der Waals surface area contributed by atoms with Crippen molar-refractivity contribution in [2.75, 3.05) is 6.61 Å². The van der Waals surface area contributed by atoms with Crippen LogP contribution in [0, 0.1) is 0 Å². The van der Waals surface area contributed by atoms with Crippen molar-refractivity contribution in [3.8, 4) is 5.75 Å². The smallest absolute Gasteiger partial charge is 0.268 e. The van der Waals surface area contributed by atoms with Gasteiger partial charge in [0.1, 0.15) is 5.75 Å². The first kappa shape index (κ1) is 17.5. The highest BCUT2D eigenvalue weighted by atomic mass is 32.2. The molecule has 28 heavy (non-hydrogen) atoms. The van der Waals surface area contributed by atoms with Crippen molar-refractivity contribution in [3.05, 3.63) is 59.9 Å². The summed E-state index contributed by atoms with van der Waals surface area (Å²) in [4.78, 5) is 4.79. The first-order valence-electron chi connectivity index (χ1n) is 9.49. The fraction of sp³-hybridized carbons (Fsp3) is 0.286. The van der Waals surface area contributed by atoms with E-state index in [1.54, 1.807) is 36.7 Å². The third kappa shape index (κ3) is 2.65. The van der Waals surface area contributed by atoms with Crippen LogP contribution in [0.1, 0.15) is 30.4 Å². The molecule has 1 aromatic carbocycles. The number of nitrogens with two attached hydrogens (primary N) is 1.